The van der Waals surface area contributed by atoms with Gasteiger partial charge in [-0.25, -0.2) is 4.39 Å². The SMILES string of the molecule is Cc1cc(F)ccc1C(=O)N1CCN(CC(C)CN)CC1. The molecule has 21 heavy (non-hydrogen) atoms. The van der Waals surface area contributed by atoms with Crippen LogP contribution in [-0.4, -0.2) is 55.0 Å². The first-order chi connectivity index (χ1) is 10.0. The van der Waals surface area contributed by atoms with Gasteiger partial charge in [0, 0.05) is 38.3 Å². The number of amides is 1. The standard InChI is InChI=1S/C16H24FN3O/c1-12(10-18)11-19-5-7-20(8-6-19)16(21)15-4-3-14(17)9-13(15)2/h3-4,9,12H,5-8,10-11,18H2,1-2H3. The fraction of sp³-hybridized carbons (Fsp3) is 0.562. The number of halogens is 1. The van der Waals surface area contributed by atoms with Crippen molar-refractivity contribution in [3.8, 4) is 0 Å². The molecule has 2 rings (SSSR count). The van der Waals surface area contributed by atoms with Gasteiger partial charge in [-0.05, 0) is 43.1 Å². The molecular weight excluding hydrogens is 269 g/mol. The molecule has 1 aromatic carbocycles. The van der Waals surface area contributed by atoms with E-state index in [2.05, 4.69) is 11.8 Å². The second kappa shape index (κ2) is 7.00. The highest BCUT2D eigenvalue weighted by Crippen LogP contribution is 2.15. The molecular formula is C16H24FN3O. The quantitative estimate of drug-likeness (QED) is 0.915. The number of carbonyl (C=O) groups is 1. The third kappa shape index (κ3) is 4.02. The molecule has 116 valence electrons. The monoisotopic (exact) mass is 293 g/mol. The zero-order chi connectivity index (χ0) is 15.4. The van der Waals surface area contributed by atoms with Gasteiger partial charge in [0.15, 0.2) is 0 Å². The van der Waals surface area contributed by atoms with E-state index >= 15 is 0 Å². The Morgan fingerprint density at radius 2 is 2.00 bits per heavy atom. The van der Waals surface area contributed by atoms with Crippen molar-refractivity contribution in [3.63, 3.8) is 0 Å². The van der Waals surface area contributed by atoms with Crippen LogP contribution in [0.25, 0.3) is 0 Å². The third-order valence-electron chi connectivity index (χ3n) is 4.05. The van der Waals surface area contributed by atoms with Crippen molar-refractivity contribution in [2.24, 2.45) is 11.7 Å². The van der Waals surface area contributed by atoms with E-state index in [1.165, 1.54) is 12.1 Å². The lowest BCUT2D eigenvalue weighted by molar-refractivity contribution is 0.0621. The number of rotatable bonds is 4. The summed E-state index contributed by atoms with van der Waals surface area (Å²) < 4.78 is 13.1. The van der Waals surface area contributed by atoms with Gasteiger partial charge in [0.2, 0.25) is 0 Å². The zero-order valence-corrected chi connectivity index (χ0v) is 12.8. The first-order valence-corrected chi connectivity index (χ1v) is 7.49. The average molecular weight is 293 g/mol. The van der Waals surface area contributed by atoms with Gasteiger partial charge >= 0.3 is 0 Å². The summed E-state index contributed by atoms with van der Waals surface area (Å²) in [7, 11) is 0. The highest BCUT2D eigenvalue weighted by Gasteiger charge is 2.23. The van der Waals surface area contributed by atoms with Crippen molar-refractivity contribution in [2.45, 2.75) is 13.8 Å². The molecule has 5 heteroatoms. The first kappa shape index (κ1) is 15.9. The molecule has 1 saturated heterocycles. The number of nitrogens with two attached hydrogens (primary N) is 1. The third-order valence-corrected chi connectivity index (χ3v) is 4.05. The topological polar surface area (TPSA) is 49.6 Å². The minimum absolute atomic E-state index is 0.000904. The summed E-state index contributed by atoms with van der Waals surface area (Å²) in [5, 5.41) is 0. The van der Waals surface area contributed by atoms with Crippen LogP contribution < -0.4 is 5.73 Å². The molecule has 1 aromatic rings. The first-order valence-electron chi connectivity index (χ1n) is 7.49. The van der Waals surface area contributed by atoms with Gasteiger partial charge in [0.25, 0.3) is 5.91 Å². The van der Waals surface area contributed by atoms with Crippen LogP contribution in [0.5, 0.6) is 0 Å². The normalized spacial score (nSPS) is 17.8. The molecule has 4 nitrogen and oxygen atoms in total. The summed E-state index contributed by atoms with van der Waals surface area (Å²) >= 11 is 0. The Morgan fingerprint density at radius 3 is 2.57 bits per heavy atom. The molecule has 1 heterocycles. The van der Waals surface area contributed by atoms with E-state index in [4.69, 9.17) is 5.73 Å². The Bertz CT molecular complexity index is 498. The van der Waals surface area contributed by atoms with Gasteiger partial charge in [-0.1, -0.05) is 6.92 Å². The molecule has 2 N–H and O–H groups in total. The maximum atomic E-state index is 13.1. The smallest absolute Gasteiger partial charge is 0.254 e. The Labute approximate surface area is 125 Å². The van der Waals surface area contributed by atoms with Gasteiger partial charge in [0.05, 0.1) is 0 Å². The predicted molar refractivity (Wildman–Crippen MR) is 81.7 cm³/mol. The molecule has 0 radical (unpaired) electrons. The Balaban J connectivity index is 1.94. The van der Waals surface area contributed by atoms with Crippen LogP contribution in [0.2, 0.25) is 0 Å². The largest absolute Gasteiger partial charge is 0.336 e. The molecule has 1 aliphatic rings. The number of hydrogen-bond donors (Lipinski definition) is 1. The minimum atomic E-state index is -0.301. The summed E-state index contributed by atoms with van der Waals surface area (Å²) in [4.78, 5) is 16.7. The van der Waals surface area contributed by atoms with Crippen molar-refractivity contribution >= 4 is 5.91 Å². The van der Waals surface area contributed by atoms with Crippen molar-refractivity contribution in [1.82, 2.24) is 9.80 Å². The summed E-state index contributed by atoms with van der Waals surface area (Å²) in [6, 6.07) is 4.34. The second-order valence-corrected chi connectivity index (χ2v) is 5.89. The predicted octanol–water partition coefficient (Wildman–Crippen LogP) is 1.49. The summed E-state index contributed by atoms with van der Waals surface area (Å²) in [5.41, 5.74) is 6.94. The van der Waals surface area contributed by atoms with Gasteiger partial charge in [-0.3, -0.25) is 9.69 Å². The van der Waals surface area contributed by atoms with Crippen LogP contribution in [0.1, 0.15) is 22.8 Å². The number of hydrogen-bond acceptors (Lipinski definition) is 3. The Hall–Kier alpha value is -1.46. The van der Waals surface area contributed by atoms with Crippen LogP contribution in [0.3, 0.4) is 0 Å². The van der Waals surface area contributed by atoms with E-state index in [0.717, 1.165) is 19.6 Å². The molecule has 1 fully saturated rings. The molecule has 0 spiro atoms. The minimum Gasteiger partial charge on any atom is -0.336 e. The van der Waals surface area contributed by atoms with Crippen LogP contribution in [0, 0.1) is 18.7 Å². The van der Waals surface area contributed by atoms with Gasteiger partial charge < -0.3 is 10.6 Å². The number of aryl methyl sites for hydroxylation is 1. The number of carbonyl (C=O) groups excluding carboxylic acids is 1. The zero-order valence-electron chi connectivity index (χ0n) is 12.8. The average Bonchev–Trinajstić information content (AvgIpc) is 2.47. The lowest BCUT2D eigenvalue weighted by Gasteiger charge is -2.36. The lowest BCUT2D eigenvalue weighted by atomic mass is 10.1. The van der Waals surface area contributed by atoms with Crippen molar-refractivity contribution in [3.05, 3.63) is 35.1 Å². The Kier molecular flexibility index (Phi) is 5.31. The summed E-state index contributed by atoms with van der Waals surface area (Å²) in [6.45, 7) is 8.75. The summed E-state index contributed by atoms with van der Waals surface area (Å²) in [5.74, 6) is 0.176. The molecule has 1 unspecified atom stereocenters. The molecule has 0 saturated carbocycles. The second-order valence-electron chi connectivity index (χ2n) is 5.89. The van der Waals surface area contributed by atoms with Gasteiger partial charge in [-0.2, -0.15) is 0 Å². The van der Waals surface area contributed by atoms with Crippen LogP contribution in [-0.2, 0) is 0 Å². The maximum Gasteiger partial charge on any atom is 0.254 e. The molecule has 0 aliphatic carbocycles. The van der Waals surface area contributed by atoms with Crippen LogP contribution in [0.4, 0.5) is 4.39 Å². The number of benzene rings is 1. The highest BCUT2D eigenvalue weighted by molar-refractivity contribution is 5.95. The van der Waals surface area contributed by atoms with Crippen molar-refractivity contribution in [2.75, 3.05) is 39.3 Å². The van der Waals surface area contributed by atoms with E-state index < -0.39 is 0 Å². The highest BCUT2D eigenvalue weighted by atomic mass is 19.1. The van der Waals surface area contributed by atoms with E-state index in [0.29, 0.717) is 36.7 Å². The van der Waals surface area contributed by atoms with Gasteiger partial charge in [-0.15, -0.1) is 0 Å². The maximum absolute atomic E-state index is 13.1. The van der Waals surface area contributed by atoms with Crippen LogP contribution in [0.15, 0.2) is 18.2 Å². The van der Waals surface area contributed by atoms with E-state index in [9.17, 15) is 9.18 Å². The molecule has 1 aliphatic heterocycles. The van der Waals surface area contributed by atoms with Gasteiger partial charge in [0.1, 0.15) is 5.82 Å². The molecule has 1 atom stereocenters. The molecule has 1 amide bonds. The van der Waals surface area contributed by atoms with Crippen molar-refractivity contribution in [1.29, 1.82) is 0 Å². The van der Waals surface area contributed by atoms with E-state index in [1.807, 2.05) is 4.90 Å². The van der Waals surface area contributed by atoms with E-state index in [1.54, 1.807) is 13.0 Å². The Morgan fingerprint density at radius 1 is 1.33 bits per heavy atom. The summed E-state index contributed by atoms with van der Waals surface area (Å²) in [6.07, 6.45) is 0. The fourth-order valence-electron chi connectivity index (χ4n) is 2.69. The fourth-order valence-corrected chi connectivity index (χ4v) is 2.69. The molecule has 0 aromatic heterocycles. The number of nitrogens with zero attached hydrogens (tertiary/aromatic N) is 2. The molecule has 0 bridgehead atoms. The van der Waals surface area contributed by atoms with Crippen LogP contribution >= 0.6 is 0 Å². The number of piperazine rings is 1. The van der Waals surface area contributed by atoms with E-state index in [-0.39, 0.29) is 11.7 Å². The van der Waals surface area contributed by atoms with Crippen molar-refractivity contribution < 1.29 is 9.18 Å². The lowest BCUT2D eigenvalue weighted by Crippen LogP contribution is -2.50.